The largest absolute Gasteiger partial charge is 0.490 e. The molecule has 1 heterocycles. The summed E-state index contributed by atoms with van der Waals surface area (Å²) < 4.78 is 7.50. The zero-order valence-corrected chi connectivity index (χ0v) is 13.2. The fraction of sp³-hybridized carbons (Fsp3) is 0.100. The Morgan fingerprint density at radius 3 is 2.96 bits per heavy atom. The average Bonchev–Trinajstić information content (AvgIpc) is 3.03. The molecule has 0 fully saturated rings. The fourth-order valence-electron chi connectivity index (χ4n) is 2.48. The van der Waals surface area contributed by atoms with E-state index in [2.05, 4.69) is 17.6 Å². The number of imidazole rings is 1. The molecule has 118 valence electrons. The molecule has 0 aliphatic heterocycles. The van der Waals surface area contributed by atoms with Crippen LogP contribution in [0.4, 0.5) is 0 Å². The molecule has 4 heteroatoms. The van der Waals surface area contributed by atoms with Gasteiger partial charge in [-0.05, 0) is 35.9 Å². The molecule has 0 bridgehead atoms. The third-order valence-electron chi connectivity index (χ3n) is 3.58. The first-order valence-corrected chi connectivity index (χ1v) is 7.64. The number of nitriles is 1. The second-order valence-corrected chi connectivity index (χ2v) is 5.31. The molecular weight excluding hydrogens is 298 g/mol. The standard InChI is InChI=1S/C20H17N3O/c1-2-10-24-18-7-5-6-16(12-18)11-17(13-21)14-23-15-22-19-8-3-4-9-20(19)23/h2-9,11-12,15H,1,10,14H2/b17-11-. The molecule has 0 radical (unpaired) electrons. The predicted octanol–water partition coefficient (Wildman–Crippen LogP) is 4.21. The van der Waals surface area contributed by atoms with Gasteiger partial charge in [-0.25, -0.2) is 4.98 Å². The van der Waals surface area contributed by atoms with Gasteiger partial charge < -0.3 is 9.30 Å². The summed E-state index contributed by atoms with van der Waals surface area (Å²) in [5.74, 6) is 0.758. The van der Waals surface area contributed by atoms with Gasteiger partial charge in [-0.15, -0.1) is 0 Å². The number of allylic oxidation sites excluding steroid dienone is 1. The van der Waals surface area contributed by atoms with Crippen LogP contribution in [-0.2, 0) is 6.54 Å². The minimum absolute atomic E-state index is 0.458. The van der Waals surface area contributed by atoms with Crippen molar-refractivity contribution in [3.05, 3.63) is 78.6 Å². The summed E-state index contributed by atoms with van der Waals surface area (Å²) in [6.45, 7) is 4.58. The van der Waals surface area contributed by atoms with E-state index in [1.807, 2.05) is 59.2 Å². The Balaban J connectivity index is 1.85. The Hall–Kier alpha value is -3.32. The van der Waals surface area contributed by atoms with Crippen molar-refractivity contribution in [1.29, 1.82) is 5.26 Å². The van der Waals surface area contributed by atoms with Crippen LogP contribution in [0.5, 0.6) is 5.75 Å². The molecule has 0 atom stereocenters. The van der Waals surface area contributed by atoms with Crippen LogP contribution in [0.2, 0.25) is 0 Å². The number of rotatable bonds is 6. The van der Waals surface area contributed by atoms with Crippen molar-refractivity contribution in [2.45, 2.75) is 6.54 Å². The van der Waals surface area contributed by atoms with Gasteiger partial charge in [0.25, 0.3) is 0 Å². The van der Waals surface area contributed by atoms with Gasteiger partial charge in [-0.3, -0.25) is 0 Å². The lowest BCUT2D eigenvalue weighted by molar-refractivity contribution is 0.363. The summed E-state index contributed by atoms with van der Waals surface area (Å²) in [5.41, 5.74) is 3.52. The third-order valence-corrected chi connectivity index (χ3v) is 3.58. The van der Waals surface area contributed by atoms with E-state index in [1.54, 1.807) is 12.4 Å². The van der Waals surface area contributed by atoms with Crippen LogP contribution < -0.4 is 4.74 Å². The molecular formula is C20H17N3O. The quantitative estimate of drug-likeness (QED) is 0.506. The van der Waals surface area contributed by atoms with Gasteiger partial charge in [-0.2, -0.15) is 5.26 Å². The predicted molar refractivity (Wildman–Crippen MR) is 95.5 cm³/mol. The second-order valence-electron chi connectivity index (χ2n) is 5.31. The molecule has 2 aromatic carbocycles. The zero-order valence-electron chi connectivity index (χ0n) is 13.2. The van der Waals surface area contributed by atoms with Gasteiger partial charge in [-0.1, -0.05) is 36.9 Å². The number of para-hydroxylation sites is 2. The molecule has 0 spiro atoms. The van der Waals surface area contributed by atoms with Crippen molar-refractivity contribution in [3.8, 4) is 11.8 Å². The first-order chi connectivity index (χ1) is 11.8. The molecule has 3 rings (SSSR count). The van der Waals surface area contributed by atoms with E-state index in [4.69, 9.17) is 4.74 Å². The minimum Gasteiger partial charge on any atom is -0.490 e. The number of nitrogens with zero attached hydrogens (tertiary/aromatic N) is 3. The molecule has 0 aliphatic rings. The van der Waals surface area contributed by atoms with Crippen LogP contribution in [0.25, 0.3) is 17.1 Å². The smallest absolute Gasteiger partial charge is 0.120 e. The van der Waals surface area contributed by atoms with Crippen molar-refractivity contribution in [1.82, 2.24) is 9.55 Å². The Labute approximate surface area is 140 Å². The van der Waals surface area contributed by atoms with Crippen LogP contribution in [0.15, 0.2) is 73.1 Å². The number of aromatic nitrogens is 2. The van der Waals surface area contributed by atoms with Gasteiger partial charge in [0.15, 0.2) is 0 Å². The highest BCUT2D eigenvalue weighted by Crippen LogP contribution is 2.18. The molecule has 0 saturated heterocycles. The average molecular weight is 315 g/mol. The summed E-state index contributed by atoms with van der Waals surface area (Å²) >= 11 is 0. The molecule has 3 aromatic rings. The molecule has 1 aromatic heterocycles. The Morgan fingerprint density at radius 2 is 2.12 bits per heavy atom. The van der Waals surface area contributed by atoms with E-state index < -0.39 is 0 Å². The number of hydrogen-bond acceptors (Lipinski definition) is 3. The van der Waals surface area contributed by atoms with E-state index >= 15 is 0 Å². The normalized spacial score (nSPS) is 11.2. The lowest BCUT2D eigenvalue weighted by atomic mass is 10.1. The molecule has 0 amide bonds. The maximum absolute atomic E-state index is 9.47. The Kier molecular flexibility index (Phi) is 4.73. The van der Waals surface area contributed by atoms with Crippen LogP contribution in [0, 0.1) is 11.3 Å². The van der Waals surface area contributed by atoms with E-state index in [0.717, 1.165) is 22.3 Å². The van der Waals surface area contributed by atoms with Gasteiger partial charge in [0.1, 0.15) is 12.4 Å². The van der Waals surface area contributed by atoms with Gasteiger partial charge in [0, 0.05) is 5.57 Å². The maximum Gasteiger partial charge on any atom is 0.120 e. The van der Waals surface area contributed by atoms with Gasteiger partial charge in [0.2, 0.25) is 0 Å². The van der Waals surface area contributed by atoms with E-state index in [1.165, 1.54) is 0 Å². The molecule has 24 heavy (non-hydrogen) atoms. The fourth-order valence-corrected chi connectivity index (χ4v) is 2.48. The highest BCUT2D eigenvalue weighted by Gasteiger charge is 2.04. The molecule has 0 N–H and O–H groups in total. The number of fused-ring (bicyclic) bond motifs is 1. The first-order valence-electron chi connectivity index (χ1n) is 7.64. The van der Waals surface area contributed by atoms with E-state index in [9.17, 15) is 5.26 Å². The van der Waals surface area contributed by atoms with Crippen molar-refractivity contribution in [3.63, 3.8) is 0 Å². The Morgan fingerprint density at radius 1 is 1.25 bits per heavy atom. The molecule has 0 aliphatic carbocycles. The molecule has 0 unspecified atom stereocenters. The summed E-state index contributed by atoms with van der Waals surface area (Å²) in [6.07, 6.45) is 5.34. The van der Waals surface area contributed by atoms with Crippen LogP contribution in [0.3, 0.4) is 0 Å². The van der Waals surface area contributed by atoms with Crippen molar-refractivity contribution >= 4 is 17.1 Å². The lowest BCUT2D eigenvalue weighted by Gasteiger charge is -2.05. The highest BCUT2D eigenvalue weighted by molar-refractivity contribution is 5.75. The SMILES string of the molecule is C=CCOc1cccc(/C=C(/C#N)Cn2cnc3ccccc32)c1. The van der Waals surface area contributed by atoms with Crippen LogP contribution >= 0.6 is 0 Å². The Bertz CT molecular complexity index is 931. The number of ether oxygens (including phenoxy) is 1. The second kappa shape index (κ2) is 7.30. The topological polar surface area (TPSA) is 50.8 Å². The summed E-state index contributed by atoms with van der Waals surface area (Å²) in [5, 5.41) is 9.47. The molecule has 0 saturated carbocycles. The molecule has 4 nitrogen and oxygen atoms in total. The number of benzene rings is 2. The third kappa shape index (κ3) is 3.53. The zero-order chi connectivity index (χ0) is 16.8. The van der Waals surface area contributed by atoms with Crippen molar-refractivity contribution in [2.24, 2.45) is 0 Å². The van der Waals surface area contributed by atoms with Crippen molar-refractivity contribution < 1.29 is 4.74 Å². The van der Waals surface area contributed by atoms with Crippen LogP contribution in [-0.4, -0.2) is 16.2 Å². The van der Waals surface area contributed by atoms with Gasteiger partial charge in [0.05, 0.1) is 30.0 Å². The summed E-state index contributed by atoms with van der Waals surface area (Å²) in [7, 11) is 0. The first kappa shape index (κ1) is 15.6. The minimum atomic E-state index is 0.458. The van der Waals surface area contributed by atoms with E-state index in [-0.39, 0.29) is 0 Å². The van der Waals surface area contributed by atoms with Crippen LogP contribution in [0.1, 0.15) is 5.56 Å². The lowest BCUT2D eigenvalue weighted by Crippen LogP contribution is -1.98. The van der Waals surface area contributed by atoms with Crippen molar-refractivity contribution in [2.75, 3.05) is 6.61 Å². The summed E-state index contributed by atoms with van der Waals surface area (Å²) in [6, 6.07) is 17.8. The van der Waals surface area contributed by atoms with E-state index in [0.29, 0.717) is 18.7 Å². The summed E-state index contributed by atoms with van der Waals surface area (Å²) in [4.78, 5) is 4.36. The van der Waals surface area contributed by atoms with Gasteiger partial charge >= 0.3 is 0 Å². The number of hydrogen-bond donors (Lipinski definition) is 0. The highest BCUT2D eigenvalue weighted by atomic mass is 16.5. The maximum atomic E-state index is 9.47. The monoisotopic (exact) mass is 315 g/mol.